The molecule has 3 amide bonds. The number of piperidine rings is 1. The largest absolute Gasteiger partial charge is 0.451 e. The van der Waals surface area contributed by atoms with E-state index >= 15 is 0 Å². The van der Waals surface area contributed by atoms with Crippen molar-refractivity contribution in [3.63, 3.8) is 0 Å². The molecule has 3 heterocycles. The van der Waals surface area contributed by atoms with Crippen molar-refractivity contribution in [2.24, 2.45) is 5.92 Å². The molecule has 0 spiro atoms. The van der Waals surface area contributed by atoms with Crippen LogP contribution >= 0.6 is 11.6 Å². The molecule has 1 aliphatic carbocycles. The van der Waals surface area contributed by atoms with Crippen molar-refractivity contribution >= 4 is 40.3 Å². The van der Waals surface area contributed by atoms with Gasteiger partial charge in [-0.05, 0) is 74.5 Å². The third kappa shape index (κ3) is 7.87. The van der Waals surface area contributed by atoms with Crippen LogP contribution in [0.25, 0.3) is 11.0 Å². The van der Waals surface area contributed by atoms with Gasteiger partial charge < -0.3 is 34.7 Å². The molecular weight excluding hydrogens is 596 g/mol. The average molecular weight is 637 g/mol. The molecule has 3 aliphatic rings. The van der Waals surface area contributed by atoms with Crippen LogP contribution in [0.4, 0.5) is 0 Å². The van der Waals surface area contributed by atoms with Gasteiger partial charge in [-0.2, -0.15) is 0 Å². The molecule has 2 atom stereocenters. The van der Waals surface area contributed by atoms with E-state index in [1.165, 1.54) is 0 Å². The molecule has 1 saturated carbocycles. The van der Waals surface area contributed by atoms with Crippen LogP contribution in [0.3, 0.4) is 0 Å². The summed E-state index contributed by atoms with van der Waals surface area (Å²) in [7, 11) is 0. The van der Waals surface area contributed by atoms with Gasteiger partial charge in [-0.15, -0.1) is 0 Å². The second kappa shape index (κ2) is 14.3. The maximum atomic E-state index is 14.0. The summed E-state index contributed by atoms with van der Waals surface area (Å²) < 4.78 is 16.7. The summed E-state index contributed by atoms with van der Waals surface area (Å²) in [4.78, 5) is 43.3. The normalized spacial score (nSPS) is 21.0. The van der Waals surface area contributed by atoms with Gasteiger partial charge in [0.2, 0.25) is 11.8 Å². The van der Waals surface area contributed by atoms with Crippen molar-refractivity contribution in [2.75, 3.05) is 39.6 Å². The standard InChI is InChI=1S/C34H41ClN4O6/c35-26-8-9-29-25(17-26)18-30(45-29)32(41)38-34(12-4-5-13-34)33(42)37-28(16-23-6-2-1-3-7-23)31(40)36-19-24-10-14-39(15-11-24)20-27-21-43-22-44-27/h1-3,6-9,17-18,24,27-28H,4-5,10-16,19-22H2,(H,36,40)(H,37,42)(H,38,41)/t27?,28-/m1/s1. The Morgan fingerprint density at radius 1 is 1.02 bits per heavy atom. The first-order valence-electron chi connectivity index (χ1n) is 15.9. The van der Waals surface area contributed by atoms with Crippen molar-refractivity contribution in [3.05, 3.63) is 70.9 Å². The molecule has 11 heteroatoms. The minimum atomic E-state index is -1.14. The number of nitrogens with one attached hydrogen (secondary N) is 3. The van der Waals surface area contributed by atoms with Gasteiger partial charge >= 0.3 is 0 Å². The predicted molar refractivity (Wildman–Crippen MR) is 170 cm³/mol. The number of ether oxygens (including phenoxy) is 2. The first-order valence-corrected chi connectivity index (χ1v) is 16.3. The average Bonchev–Trinajstić information content (AvgIpc) is 3.83. The van der Waals surface area contributed by atoms with E-state index in [9.17, 15) is 14.4 Å². The highest BCUT2D eigenvalue weighted by atomic mass is 35.5. The molecule has 2 aliphatic heterocycles. The van der Waals surface area contributed by atoms with Crippen molar-refractivity contribution in [1.82, 2.24) is 20.9 Å². The first kappa shape index (κ1) is 31.5. The Kier molecular flexibility index (Phi) is 10.0. The molecule has 1 unspecified atom stereocenters. The fourth-order valence-corrected chi connectivity index (χ4v) is 6.84. The lowest BCUT2D eigenvalue weighted by Crippen LogP contribution is -2.61. The van der Waals surface area contributed by atoms with E-state index in [-0.39, 0.29) is 23.7 Å². The minimum absolute atomic E-state index is 0.111. The summed E-state index contributed by atoms with van der Waals surface area (Å²) in [5, 5.41) is 10.4. The number of carbonyl (C=O) groups is 3. The van der Waals surface area contributed by atoms with Gasteiger partial charge in [0.05, 0.1) is 12.7 Å². The fourth-order valence-electron chi connectivity index (χ4n) is 6.65. The highest BCUT2D eigenvalue weighted by Gasteiger charge is 2.44. The zero-order valence-electron chi connectivity index (χ0n) is 25.4. The number of amides is 3. The summed E-state index contributed by atoms with van der Waals surface area (Å²) in [6.45, 7) is 4.33. The summed E-state index contributed by atoms with van der Waals surface area (Å²) in [6.07, 6.45) is 4.97. The number of fused-ring (bicyclic) bond motifs is 1. The molecule has 3 fully saturated rings. The van der Waals surface area contributed by atoms with Crippen LogP contribution < -0.4 is 16.0 Å². The van der Waals surface area contributed by atoms with E-state index in [1.54, 1.807) is 24.3 Å². The number of hydrogen-bond donors (Lipinski definition) is 3. The quantitative estimate of drug-likeness (QED) is 0.290. The van der Waals surface area contributed by atoms with Crippen LogP contribution in [-0.2, 0) is 25.5 Å². The monoisotopic (exact) mass is 636 g/mol. The number of furan rings is 1. The Morgan fingerprint density at radius 3 is 2.53 bits per heavy atom. The Bertz CT molecular complexity index is 1480. The van der Waals surface area contributed by atoms with Crippen molar-refractivity contribution in [1.29, 1.82) is 0 Å². The van der Waals surface area contributed by atoms with Crippen molar-refractivity contribution in [3.8, 4) is 0 Å². The SMILES string of the molecule is O=C(NC1(C(=O)N[C@H](Cc2ccccc2)C(=O)NCC2CCN(CC3COCO3)CC2)CCCC1)c1cc2cc(Cl)ccc2o1. The number of benzene rings is 2. The molecule has 2 aromatic carbocycles. The smallest absolute Gasteiger partial charge is 0.287 e. The van der Waals surface area contributed by atoms with Crippen LogP contribution in [0.15, 0.2) is 59.0 Å². The van der Waals surface area contributed by atoms with E-state index < -0.39 is 17.5 Å². The van der Waals surface area contributed by atoms with Crippen molar-refractivity contribution < 1.29 is 28.3 Å². The molecule has 2 saturated heterocycles. The number of carbonyl (C=O) groups excluding carboxylic acids is 3. The lowest BCUT2D eigenvalue weighted by Gasteiger charge is -2.33. The number of hydrogen-bond acceptors (Lipinski definition) is 7. The molecule has 3 N–H and O–H groups in total. The molecular formula is C34H41ClN4O6. The van der Waals surface area contributed by atoms with Crippen LogP contribution in [0.2, 0.25) is 5.02 Å². The summed E-state index contributed by atoms with van der Waals surface area (Å²) >= 11 is 6.10. The zero-order valence-corrected chi connectivity index (χ0v) is 26.2. The van der Waals surface area contributed by atoms with E-state index in [0.29, 0.717) is 61.1 Å². The molecule has 6 rings (SSSR count). The number of rotatable bonds is 11. The molecule has 10 nitrogen and oxygen atoms in total. The van der Waals surface area contributed by atoms with Gasteiger partial charge in [0.1, 0.15) is 24.0 Å². The van der Waals surface area contributed by atoms with Crippen LogP contribution in [0.5, 0.6) is 0 Å². The number of likely N-dealkylation sites (tertiary alicyclic amines) is 1. The van der Waals surface area contributed by atoms with Gasteiger partial charge in [0, 0.05) is 29.9 Å². The summed E-state index contributed by atoms with van der Waals surface area (Å²) in [5.74, 6) is -0.574. The maximum absolute atomic E-state index is 14.0. The van der Waals surface area contributed by atoms with E-state index in [2.05, 4.69) is 20.9 Å². The Hall–Kier alpha value is -3.44. The zero-order chi connectivity index (χ0) is 31.2. The minimum Gasteiger partial charge on any atom is -0.451 e. The van der Waals surface area contributed by atoms with Gasteiger partial charge in [0.25, 0.3) is 5.91 Å². The second-order valence-electron chi connectivity index (χ2n) is 12.5. The molecule has 1 aromatic heterocycles. The number of nitrogens with zero attached hydrogens (tertiary/aromatic N) is 1. The van der Waals surface area contributed by atoms with Crippen LogP contribution in [0.1, 0.15) is 54.6 Å². The topological polar surface area (TPSA) is 122 Å². The second-order valence-corrected chi connectivity index (χ2v) is 13.0. The summed E-state index contributed by atoms with van der Waals surface area (Å²) in [6, 6.07) is 15.6. The summed E-state index contributed by atoms with van der Waals surface area (Å²) in [5.41, 5.74) is 0.344. The predicted octanol–water partition coefficient (Wildman–Crippen LogP) is 4.06. The third-order valence-corrected chi connectivity index (χ3v) is 9.51. The first-order chi connectivity index (χ1) is 21.9. The Labute approximate surface area is 268 Å². The van der Waals surface area contributed by atoms with Gasteiger partial charge in [-0.25, -0.2) is 0 Å². The van der Waals surface area contributed by atoms with Gasteiger partial charge in [-0.3, -0.25) is 14.4 Å². The van der Waals surface area contributed by atoms with Crippen LogP contribution in [0, 0.1) is 5.92 Å². The van der Waals surface area contributed by atoms with Crippen molar-refractivity contribution in [2.45, 2.75) is 62.6 Å². The Balaban J connectivity index is 1.09. The van der Waals surface area contributed by atoms with E-state index in [1.807, 2.05) is 30.3 Å². The Morgan fingerprint density at radius 2 is 1.80 bits per heavy atom. The third-order valence-electron chi connectivity index (χ3n) is 9.28. The van der Waals surface area contributed by atoms with Gasteiger partial charge in [0.15, 0.2) is 5.76 Å². The highest BCUT2D eigenvalue weighted by molar-refractivity contribution is 6.31. The molecule has 0 bridgehead atoms. The molecule has 240 valence electrons. The lowest BCUT2D eigenvalue weighted by atomic mass is 9.94. The maximum Gasteiger partial charge on any atom is 0.287 e. The van der Waals surface area contributed by atoms with Crippen LogP contribution in [-0.4, -0.2) is 79.9 Å². The molecule has 45 heavy (non-hydrogen) atoms. The van der Waals surface area contributed by atoms with E-state index in [4.69, 9.17) is 25.5 Å². The highest BCUT2D eigenvalue weighted by Crippen LogP contribution is 2.31. The lowest BCUT2D eigenvalue weighted by molar-refractivity contribution is -0.132. The van der Waals surface area contributed by atoms with E-state index in [0.717, 1.165) is 50.9 Å². The fraction of sp³-hybridized carbons (Fsp3) is 0.500. The van der Waals surface area contributed by atoms with Gasteiger partial charge in [-0.1, -0.05) is 54.8 Å². The molecule has 3 aromatic rings. The molecule has 0 radical (unpaired) electrons. The number of halogens is 1.